The lowest BCUT2D eigenvalue weighted by atomic mass is 10.1. The van der Waals surface area contributed by atoms with Crippen molar-refractivity contribution in [2.45, 2.75) is 26.5 Å². The molecule has 2 aromatic rings. The lowest BCUT2D eigenvalue weighted by Gasteiger charge is -2.13. The number of aryl methyl sites for hydroxylation is 1. The van der Waals surface area contributed by atoms with Crippen molar-refractivity contribution in [1.29, 1.82) is 0 Å². The predicted octanol–water partition coefficient (Wildman–Crippen LogP) is 2.90. The van der Waals surface area contributed by atoms with Crippen molar-refractivity contribution >= 4 is 17.7 Å². The predicted molar refractivity (Wildman–Crippen MR) is 96.1 cm³/mol. The van der Waals surface area contributed by atoms with Crippen molar-refractivity contribution in [2.75, 3.05) is 6.54 Å². The summed E-state index contributed by atoms with van der Waals surface area (Å²) in [6.07, 6.45) is -0.0307. The third kappa shape index (κ3) is 4.33. The highest BCUT2D eigenvalue weighted by Crippen LogP contribution is 2.24. The minimum atomic E-state index is -2.89. The van der Waals surface area contributed by atoms with Gasteiger partial charge in [-0.05, 0) is 36.8 Å². The van der Waals surface area contributed by atoms with Gasteiger partial charge in [0.15, 0.2) is 0 Å². The molecule has 0 fully saturated rings. The van der Waals surface area contributed by atoms with E-state index in [1.807, 2.05) is 6.92 Å². The zero-order valence-corrected chi connectivity index (χ0v) is 15.1. The van der Waals surface area contributed by atoms with E-state index in [4.69, 9.17) is 0 Å². The summed E-state index contributed by atoms with van der Waals surface area (Å²) in [4.78, 5) is 37.8. The molecule has 0 radical (unpaired) electrons. The minimum absolute atomic E-state index is 0.0155. The van der Waals surface area contributed by atoms with Gasteiger partial charge in [-0.15, -0.1) is 0 Å². The first-order chi connectivity index (χ1) is 13.3. The first-order valence-corrected chi connectivity index (χ1v) is 8.62. The standard InChI is InChI=1S/C20H18F2N2O4/c1-12-2-7-15-16(10-12)19(27)24(18(15)26)9-8-17(25)23-11-13-3-5-14(6-4-13)28-20(21)22/h2-7,10,20H,8-9,11H2,1H3,(H,23,25). The molecule has 0 spiro atoms. The van der Waals surface area contributed by atoms with Crippen LogP contribution in [-0.2, 0) is 11.3 Å². The third-order valence-corrected chi connectivity index (χ3v) is 4.33. The number of nitrogens with zero attached hydrogens (tertiary/aromatic N) is 1. The molecule has 1 N–H and O–H groups in total. The van der Waals surface area contributed by atoms with Gasteiger partial charge in [-0.25, -0.2) is 0 Å². The highest BCUT2D eigenvalue weighted by molar-refractivity contribution is 6.21. The maximum Gasteiger partial charge on any atom is 0.387 e. The van der Waals surface area contributed by atoms with Crippen molar-refractivity contribution in [3.63, 3.8) is 0 Å². The van der Waals surface area contributed by atoms with Crippen LogP contribution in [0.2, 0.25) is 0 Å². The largest absolute Gasteiger partial charge is 0.435 e. The number of rotatable bonds is 7. The lowest BCUT2D eigenvalue weighted by molar-refractivity contribution is -0.121. The van der Waals surface area contributed by atoms with E-state index in [1.54, 1.807) is 30.3 Å². The van der Waals surface area contributed by atoms with E-state index in [0.29, 0.717) is 16.7 Å². The van der Waals surface area contributed by atoms with Crippen molar-refractivity contribution in [2.24, 2.45) is 0 Å². The van der Waals surface area contributed by atoms with Gasteiger partial charge in [-0.1, -0.05) is 23.8 Å². The molecule has 8 heteroatoms. The van der Waals surface area contributed by atoms with Gasteiger partial charge in [0.05, 0.1) is 11.1 Å². The smallest absolute Gasteiger partial charge is 0.387 e. The van der Waals surface area contributed by atoms with E-state index in [9.17, 15) is 23.2 Å². The van der Waals surface area contributed by atoms with Crippen molar-refractivity contribution in [3.8, 4) is 5.75 Å². The maximum absolute atomic E-state index is 12.4. The summed E-state index contributed by atoms with van der Waals surface area (Å²) < 4.78 is 28.5. The summed E-state index contributed by atoms with van der Waals surface area (Å²) >= 11 is 0. The first kappa shape index (κ1) is 19.5. The Morgan fingerprint density at radius 3 is 2.43 bits per heavy atom. The number of hydrogen-bond acceptors (Lipinski definition) is 4. The number of amides is 3. The molecule has 0 saturated carbocycles. The van der Waals surface area contributed by atoms with Gasteiger partial charge < -0.3 is 10.1 Å². The number of carbonyl (C=O) groups excluding carboxylic acids is 3. The average molecular weight is 388 g/mol. The molecule has 0 unspecified atom stereocenters. The van der Waals surface area contributed by atoms with E-state index >= 15 is 0 Å². The monoisotopic (exact) mass is 388 g/mol. The third-order valence-electron chi connectivity index (χ3n) is 4.33. The van der Waals surface area contributed by atoms with Crippen molar-refractivity contribution < 1.29 is 27.9 Å². The van der Waals surface area contributed by atoms with Crippen LogP contribution < -0.4 is 10.1 Å². The first-order valence-electron chi connectivity index (χ1n) is 8.62. The van der Waals surface area contributed by atoms with E-state index < -0.39 is 18.4 Å². The Hall–Kier alpha value is -3.29. The second kappa shape index (κ2) is 8.16. The molecular formula is C20H18F2N2O4. The molecule has 0 aromatic heterocycles. The quantitative estimate of drug-likeness (QED) is 0.740. The fraction of sp³-hybridized carbons (Fsp3) is 0.250. The van der Waals surface area contributed by atoms with Gasteiger partial charge in [0.25, 0.3) is 11.8 Å². The van der Waals surface area contributed by atoms with Gasteiger partial charge in [-0.3, -0.25) is 19.3 Å². The number of hydrogen-bond donors (Lipinski definition) is 1. The van der Waals surface area contributed by atoms with Crippen LogP contribution in [0.1, 0.15) is 38.3 Å². The van der Waals surface area contributed by atoms with E-state index in [1.165, 1.54) is 12.1 Å². The summed E-state index contributed by atoms with van der Waals surface area (Å²) in [5, 5.41) is 2.67. The van der Waals surface area contributed by atoms with Gasteiger partial charge in [0.2, 0.25) is 5.91 Å². The number of benzene rings is 2. The molecule has 2 aromatic carbocycles. The molecule has 0 atom stereocenters. The molecule has 146 valence electrons. The molecule has 1 heterocycles. The fourth-order valence-corrected chi connectivity index (χ4v) is 2.90. The minimum Gasteiger partial charge on any atom is -0.435 e. The van der Waals surface area contributed by atoms with Crippen LogP contribution in [-0.4, -0.2) is 35.8 Å². The molecule has 1 aliphatic heterocycles. The van der Waals surface area contributed by atoms with E-state index in [-0.39, 0.29) is 31.2 Å². The van der Waals surface area contributed by atoms with E-state index in [0.717, 1.165) is 10.5 Å². The van der Waals surface area contributed by atoms with Gasteiger partial charge in [0.1, 0.15) is 5.75 Å². The highest BCUT2D eigenvalue weighted by atomic mass is 19.3. The van der Waals surface area contributed by atoms with Crippen LogP contribution in [0.15, 0.2) is 42.5 Å². The Balaban J connectivity index is 1.50. The van der Waals surface area contributed by atoms with Gasteiger partial charge >= 0.3 is 6.61 Å². The zero-order valence-electron chi connectivity index (χ0n) is 15.1. The van der Waals surface area contributed by atoms with Crippen LogP contribution in [0.4, 0.5) is 8.78 Å². The van der Waals surface area contributed by atoms with Crippen LogP contribution >= 0.6 is 0 Å². The molecular weight excluding hydrogens is 370 g/mol. The molecule has 0 saturated heterocycles. The number of ether oxygens (including phenoxy) is 1. The molecule has 6 nitrogen and oxygen atoms in total. The Bertz CT molecular complexity index is 913. The number of halogens is 2. The molecule has 0 bridgehead atoms. The Labute approximate surface area is 160 Å². The summed E-state index contributed by atoms with van der Waals surface area (Å²) in [6.45, 7) is -0.884. The molecule has 3 rings (SSSR count). The fourth-order valence-electron chi connectivity index (χ4n) is 2.90. The van der Waals surface area contributed by atoms with Crippen LogP contribution in [0, 0.1) is 6.92 Å². The number of alkyl halides is 2. The number of imide groups is 1. The van der Waals surface area contributed by atoms with Crippen LogP contribution in [0.25, 0.3) is 0 Å². The Morgan fingerprint density at radius 2 is 1.75 bits per heavy atom. The van der Waals surface area contributed by atoms with Crippen molar-refractivity contribution in [3.05, 3.63) is 64.7 Å². The lowest BCUT2D eigenvalue weighted by Crippen LogP contribution is -2.34. The Kier molecular flexibility index (Phi) is 5.67. The molecule has 3 amide bonds. The molecule has 0 aliphatic carbocycles. The van der Waals surface area contributed by atoms with Gasteiger partial charge in [-0.2, -0.15) is 8.78 Å². The highest BCUT2D eigenvalue weighted by Gasteiger charge is 2.35. The average Bonchev–Trinajstić information content (AvgIpc) is 2.89. The SMILES string of the molecule is Cc1ccc2c(c1)C(=O)N(CCC(=O)NCc1ccc(OC(F)F)cc1)C2=O. The van der Waals surface area contributed by atoms with Crippen LogP contribution in [0.5, 0.6) is 5.75 Å². The van der Waals surface area contributed by atoms with Gasteiger partial charge in [0, 0.05) is 19.5 Å². The summed E-state index contributed by atoms with van der Waals surface area (Å²) in [7, 11) is 0. The molecule has 28 heavy (non-hydrogen) atoms. The number of nitrogens with one attached hydrogen (secondary N) is 1. The zero-order chi connectivity index (χ0) is 20.3. The second-order valence-corrected chi connectivity index (χ2v) is 6.36. The summed E-state index contributed by atoms with van der Waals surface area (Å²) in [6, 6.07) is 10.9. The molecule has 1 aliphatic rings. The topological polar surface area (TPSA) is 75.7 Å². The second-order valence-electron chi connectivity index (χ2n) is 6.36. The van der Waals surface area contributed by atoms with Crippen LogP contribution in [0.3, 0.4) is 0 Å². The number of carbonyl (C=O) groups is 3. The Morgan fingerprint density at radius 1 is 1.07 bits per heavy atom. The summed E-state index contributed by atoms with van der Waals surface area (Å²) in [5.41, 5.74) is 2.29. The number of fused-ring (bicyclic) bond motifs is 1. The summed E-state index contributed by atoms with van der Waals surface area (Å²) in [5.74, 6) is -1.10. The maximum atomic E-state index is 12.4. The normalized spacial score (nSPS) is 13.1. The van der Waals surface area contributed by atoms with E-state index in [2.05, 4.69) is 10.1 Å². The van der Waals surface area contributed by atoms with Crippen molar-refractivity contribution in [1.82, 2.24) is 10.2 Å².